The van der Waals surface area contributed by atoms with Gasteiger partial charge in [0.25, 0.3) is 10.0 Å². The van der Waals surface area contributed by atoms with Crippen molar-refractivity contribution in [2.45, 2.75) is 5.03 Å². The third-order valence-corrected chi connectivity index (χ3v) is 4.00. The number of rotatable bonds is 4. The van der Waals surface area contributed by atoms with Crippen LogP contribution < -0.4 is 10.5 Å². The lowest BCUT2D eigenvalue weighted by atomic mass is 10.2. The average molecular weight is 316 g/mol. The summed E-state index contributed by atoms with van der Waals surface area (Å²) in [5.74, 6) is -0.163. The van der Waals surface area contributed by atoms with E-state index in [-0.39, 0.29) is 21.6 Å². The zero-order valence-electron chi connectivity index (χ0n) is 9.91. The average Bonchev–Trinajstić information content (AvgIpc) is 2.95. The number of nitrogens with two attached hydrogens (primary N) is 1. The molecular weight excluding hydrogens is 306 g/mol. The van der Waals surface area contributed by atoms with Crippen LogP contribution in [0.2, 0.25) is 5.02 Å². The van der Waals surface area contributed by atoms with Crippen molar-refractivity contribution in [3.05, 3.63) is 41.3 Å². The summed E-state index contributed by atoms with van der Waals surface area (Å²) in [7, 11) is -3.84. The summed E-state index contributed by atoms with van der Waals surface area (Å²) in [5.41, 5.74) is 5.86. The van der Waals surface area contributed by atoms with Crippen molar-refractivity contribution in [3.63, 3.8) is 0 Å². The number of aromatic amines is 1. The number of hydrogen-bond acceptors (Lipinski definition) is 5. The number of nitrogens with zero attached hydrogens (tertiary/aromatic N) is 2. The normalized spacial score (nSPS) is 12.3. The van der Waals surface area contributed by atoms with Crippen molar-refractivity contribution in [2.24, 2.45) is 10.9 Å². The first kappa shape index (κ1) is 14.2. The van der Waals surface area contributed by atoms with Gasteiger partial charge in [0.15, 0.2) is 10.9 Å². The number of halogens is 1. The summed E-state index contributed by atoms with van der Waals surface area (Å²) in [6.45, 7) is 0. The molecule has 106 valence electrons. The Labute approximate surface area is 119 Å². The van der Waals surface area contributed by atoms with E-state index in [4.69, 9.17) is 22.5 Å². The Morgan fingerprint density at radius 1 is 1.50 bits per heavy atom. The molecule has 0 fully saturated rings. The minimum atomic E-state index is -3.84. The summed E-state index contributed by atoms with van der Waals surface area (Å²) in [4.78, 5) is 6.10. The zero-order chi connectivity index (χ0) is 14.8. The van der Waals surface area contributed by atoms with E-state index in [0.29, 0.717) is 5.56 Å². The van der Waals surface area contributed by atoms with E-state index in [0.717, 1.165) is 6.20 Å². The molecule has 8 nitrogen and oxygen atoms in total. The van der Waals surface area contributed by atoms with Gasteiger partial charge in [-0.25, -0.2) is 4.98 Å². The second-order valence-corrected chi connectivity index (χ2v) is 5.76. The van der Waals surface area contributed by atoms with Gasteiger partial charge in [-0.1, -0.05) is 16.8 Å². The van der Waals surface area contributed by atoms with Gasteiger partial charge in [0.05, 0.1) is 23.2 Å². The van der Waals surface area contributed by atoms with Crippen molar-refractivity contribution in [2.75, 3.05) is 4.72 Å². The number of hydrogen-bond donors (Lipinski definition) is 4. The summed E-state index contributed by atoms with van der Waals surface area (Å²) in [6, 6.07) is 4.27. The van der Waals surface area contributed by atoms with Crippen LogP contribution in [0.25, 0.3) is 0 Å². The van der Waals surface area contributed by atoms with E-state index >= 15 is 0 Å². The molecule has 20 heavy (non-hydrogen) atoms. The molecule has 2 rings (SSSR count). The van der Waals surface area contributed by atoms with Gasteiger partial charge in [0.1, 0.15) is 0 Å². The van der Waals surface area contributed by atoms with Crippen LogP contribution in [0, 0.1) is 0 Å². The van der Waals surface area contributed by atoms with E-state index < -0.39 is 10.0 Å². The molecular formula is C10H10ClN5O3S. The maximum absolute atomic E-state index is 12.0. The molecule has 1 aromatic heterocycles. The minimum Gasteiger partial charge on any atom is -0.409 e. The molecule has 0 spiro atoms. The standard InChI is InChI=1S/C10H10ClN5O3S/c11-7-2-1-6(10(12)15-17)3-8(7)16-20(18,19)9-4-13-5-14-9/h1-5,16-17H,(H2,12,15)(H,13,14). The maximum Gasteiger partial charge on any atom is 0.279 e. The van der Waals surface area contributed by atoms with E-state index in [9.17, 15) is 8.42 Å². The predicted octanol–water partition coefficient (Wildman–Crippen LogP) is 0.958. The summed E-state index contributed by atoms with van der Waals surface area (Å²) >= 11 is 5.92. The number of amidine groups is 1. The Morgan fingerprint density at radius 3 is 2.85 bits per heavy atom. The molecule has 0 saturated carbocycles. The third-order valence-electron chi connectivity index (χ3n) is 2.38. The van der Waals surface area contributed by atoms with Gasteiger partial charge >= 0.3 is 0 Å². The fourth-order valence-electron chi connectivity index (χ4n) is 1.41. The lowest BCUT2D eigenvalue weighted by Gasteiger charge is -2.09. The Balaban J connectivity index is 2.39. The quantitative estimate of drug-likeness (QED) is 0.288. The topological polar surface area (TPSA) is 133 Å². The van der Waals surface area contributed by atoms with Gasteiger partial charge in [-0.05, 0) is 18.2 Å². The van der Waals surface area contributed by atoms with Crippen LogP contribution in [0.3, 0.4) is 0 Å². The molecule has 0 unspecified atom stereocenters. The Morgan fingerprint density at radius 2 is 2.25 bits per heavy atom. The van der Waals surface area contributed by atoms with Crippen molar-refractivity contribution in [1.29, 1.82) is 0 Å². The van der Waals surface area contributed by atoms with Crippen molar-refractivity contribution >= 4 is 33.1 Å². The van der Waals surface area contributed by atoms with E-state index in [1.807, 2.05) is 0 Å². The van der Waals surface area contributed by atoms with Crippen LogP contribution in [0.5, 0.6) is 0 Å². The lowest BCUT2D eigenvalue weighted by molar-refractivity contribution is 0.318. The highest BCUT2D eigenvalue weighted by Crippen LogP contribution is 2.25. The second kappa shape index (κ2) is 5.39. The van der Waals surface area contributed by atoms with E-state index in [1.165, 1.54) is 24.5 Å². The predicted molar refractivity (Wildman–Crippen MR) is 73.4 cm³/mol. The summed E-state index contributed by atoms with van der Waals surface area (Å²) in [5, 5.41) is 11.5. The van der Waals surface area contributed by atoms with Crippen molar-refractivity contribution < 1.29 is 13.6 Å². The number of anilines is 1. The van der Waals surface area contributed by atoms with E-state index in [1.54, 1.807) is 0 Å². The van der Waals surface area contributed by atoms with Crippen LogP contribution in [0.4, 0.5) is 5.69 Å². The van der Waals surface area contributed by atoms with Crippen LogP contribution in [-0.4, -0.2) is 29.4 Å². The number of imidazole rings is 1. The fraction of sp³-hybridized carbons (Fsp3) is 0. The van der Waals surface area contributed by atoms with Crippen molar-refractivity contribution in [1.82, 2.24) is 9.97 Å². The molecule has 0 aliphatic rings. The van der Waals surface area contributed by atoms with Crippen molar-refractivity contribution in [3.8, 4) is 0 Å². The Hall–Kier alpha value is -2.26. The first-order valence-electron chi connectivity index (χ1n) is 5.22. The smallest absolute Gasteiger partial charge is 0.279 e. The highest BCUT2D eigenvalue weighted by atomic mass is 35.5. The highest BCUT2D eigenvalue weighted by molar-refractivity contribution is 7.92. The maximum atomic E-state index is 12.0. The molecule has 0 aliphatic carbocycles. The van der Waals surface area contributed by atoms with Gasteiger partial charge in [0.2, 0.25) is 0 Å². The lowest BCUT2D eigenvalue weighted by Crippen LogP contribution is -2.16. The first-order chi connectivity index (χ1) is 9.44. The molecule has 5 N–H and O–H groups in total. The Kier molecular flexibility index (Phi) is 3.81. The molecule has 0 bridgehead atoms. The molecule has 2 aromatic rings. The zero-order valence-corrected chi connectivity index (χ0v) is 11.5. The number of nitrogens with one attached hydrogen (secondary N) is 2. The minimum absolute atomic E-state index is 0.102. The first-order valence-corrected chi connectivity index (χ1v) is 7.09. The van der Waals surface area contributed by atoms with Gasteiger partial charge in [-0.15, -0.1) is 0 Å². The van der Waals surface area contributed by atoms with Gasteiger partial charge in [-0.3, -0.25) is 4.72 Å². The summed E-state index contributed by atoms with van der Waals surface area (Å²) < 4.78 is 26.3. The van der Waals surface area contributed by atoms with Crippen LogP contribution in [-0.2, 0) is 10.0 Å². The molecule has 0 saturated heterocycles. The molecule has 10 heteroatoms. The van der Waals surface area contributed by atoms with Gasteiger partial charge in [0, 0.05) is 5.56 Å². The number of H-pyrrole nitrogens is 1. The molecule has 0 aliphatic heterocycles. The highest BCUT2D eigenvalue weighted by Gasteiger charge is 2.17. The molecule has 1 aromatic carbocycles. The molecule has 0 atom stereocenters. The third kappa shape index (κ3) is 2.83. The number of aromatic nitrogens is 2. The second-order valence-electron chi connectivity index (χ2n) is 3.70. The largest absolute Gasteiger partial charge is 0.409 e. The van der Waals surface area contributed by atoms with Gasteiger partial charge < -0.3 is 15.9 Å². The monoisotopic (exact) mass is 315 g/mol. The van der Waals surface area contributed by atoms with Crippen LogP contribution in [0.15, 0.2) is 40.9 Å². The molecule has 0 amide bonds. The fourth-order valence-corrected chi connectivity index (χ4v) is 2.61. The SMILES string of the molecule is N/C(=N/O)c1ccc(Cl)c(NS(=O)(=O)c2cnc[nH]2)c1. The van der Waals surface area contributed by atoms with Gasteiger partial charge in [-0.2, -0.15) is 8.42 Å². The molecule has 0 radical (unpaired) electrons. The number of sulfonamides is 1. The Bertz CT molecular complexity index is 742. The van der Waals surface area contributed by atoms with Crippen LogP contribution >= 0.6 is 11.6 Å². The van der Waals surface area contributed by atoms with Crippen LogP contribution in [0.1, 0.15) is 5.56 Å². The number of benzene rings is 1. The summed E-state index contributed by atoms with van der Waals surface area (Å²) in [6.07, 6.45) is 2.40. The van der Waals surface area contributed by atoms with E-state index in [2.05, 4.69) is 19.8 Å². The molecule has 1 heterocycles. The number of oxime groups is 1.